The number of nitrogens with zero attached hydrogens (tertiary/aromatic N) is 1. The van der Waals surface area contributed by atoms with Crippen molar-refractivity contribution in [2.45, 2.75) is 64.1 Å². The summed E-state index contributed by atoms with van der Waals surface area (Å²) in [5.41, 5.74) is 4.72. The summed E-state index contributed by atoms with van der Waals surface area (Å²) in [5, 5.41) is 11.5. The largest absolute Gasteiger partial charge is 0.460 e. The third-order valence-electron chi connectivity index (χ3n) is 6.73. The third-order valence-corrected chi connectivity index (χ3v) is 6.73. The lowest BCUT2D eigenvalue weighted by atomic mass is 9.86. The number of piperidine rings is 1. The van der Waals surface area contributed by atoms with Crippen LogP contribution >= 0.6 is 12.4 Å². The van der Waals surface area contributed by atoms with E-state index >= 15 is 0 Å². The Morgan fingerprint density at radius 2 is 1.47 bits per heavy atom. The van der Waals surface area contributed by atoms with Crippen molar-refractivity contribution in [1.82, 2.24) is 4.90 Å². The van der Waals surface area contributed by atoms with Gasteiger partial charge in [0, 0.05) is 32.9 Å². The second-order valence-electron chi connectivity index (χ2n) is 9.33. The molecule has 1 amide bonds. The zero-order valence-corrected chi connectivity index (χ0v) is 22.8. The fourth-order valence-electron chi connectivity index (χ4n) is 4.12. The molecule has 0 spiro atoms. The molecule has 1 heterocycles. The van der Waals surface area contributed by atoms with Gasteiger partial charge in [-0.25, -0.2) is 9.59 Å². The summed E-state index contributed by atoms with van der Waals surface area (Å²) in [6.45, 7) is 5.78. The van der Waals surface area contributed by atoms with Crippen molar-refractivity contribution in [3.8, 4) is 0 Å². The number of carbonyl (C=O) groups excluding carboxylic acids is 3. The zero-order valence-electron chi connectivity index (χ0n) is 21.9. The van der Waals surface area contributed by atoms with E-state index < -0.39 is 42.1 Å². The Labute approximate surface area is 229 Å². The minimum absolute atomic E-state index is 0. The van der Waals surface area contributed by atoms with Gasteiger partial charge < -0.3 is 30.0 Å². The second kappa shape index (κ2) is 14.1. The number of rotatable bonds is 9. The Bertz CT molecular complexity index is 1010. The van der Waals surface area contributed by atoms with Crippen molar-refractivity contribution in [1.29, 1.82) is 0 Å². The number of hydrogen-bond donors (Lipinski definition) is 2. The number of nitrogens with two attached hydrogens (primary N) is 1. The van der Waals surface area contributed by atoms with Crippen LogP contribution < -0.4 is 5.73 Å². The number of halogens is 1. The van der Waals surface area contributed by atoms with E-state index in [9.17, 15) is 19.5 Å². The highest BCUT2D eigenvalue weighted by Gasteiger charge is 2.43. The predicted molar refractivity (Wildman–Crippen MR) is 143 cm³/mol. The smallest absolute Gasteiger partial charge is 0.412 e. The highest BCUT2D eigenvalue weighted by Crippen LogP contribution is 2.32. The molecule has 9 nitrogen and oxygen atoms in total. The number of carbonyl (C=O) groups is 3. The summed E-state index contributed by atoms with van der Waals surface area (Å²) in [4.78, 5) is 39.4. The van der Waals surface area contributed by atoms with Crippen LogP contribution in [0.15, 0.2) is 60.7 Å². The van der Waals surface area contributed by atoms with Gasteiger partial charge in [-0.05, 0) is 17.0 Å². The lowest BCUT2D eigenvalue weighted by Gasteiger charge is -2.34. The van der Waals surface area contributed by atoms with Crippen molar-refractivity contribution in [2.24, 2.45) is 11.7 Å². The van der Waals surface area contributed by atoms with Crippen LogP contribution in [0.1, 0.15) is 51.2 Å². The van der Waals surface area contributed by atoms with E-state index in [1.807, 2.05) is 13.8 Å². The van der Waals surface area contributed by atoms with E-state index in [2.05, 4.69) is 0 Å². The topological polar surface area (TPSA) is 128 Å². The van der Waals surface area contributed by atoms with Gasteiger partial charge >= 0.3 is 18.0 Å². The average molecular weight is 549 g/mol. The Morgan fingerprint density at radius 1 is 0.974 bits per heavy atom. The predicted octanol–water partition coefficient (Wildman–Crippen LogP) is 3.75. The number of amides is 1. The summed E-state index contributed by atoms with van der Waals surface area (Å²) in [6, 6.07) is 16.5. The molecule has 0 bridgehead atoms. The van der Waals surface area contributed by atoms with Gasteiger partial charge in [0.15, 0.2) is 0 Å². The summed E-state index contributed by atoms with van der Waals surface area (Å²) < 4.78 is 16.1. The average Bonchev–Trinajstić information content (AvgIpc) is 2.92. The van der Waals surface area contributed by atoms with Crippen LogP contribution in [-0.2, 0) is 29.4 Å². The van der Waals surface area contributed by atoms with Crippen LogP contribution in [0.4, 0.5) is 4.79 Å². The Hall–Kier alpha value is -3.14. The molecule has 0 aliphatic carbocycles. The van der Waals surface area contributed by atoms with Gasteiger partial charge in [0.25, 0.3) is 0 Å². The standard InChI is InChI=1S/C28H36N2O7.ClH/c1-4-19(2)24(29)25(31)35-20(3)36-27(33)30-17-15-23(16-18-30)37-26(32)28(34,21-11-7-5-8-12-21)22-13-9-6-10-14-22;/h5-14,19-20,23-24,34H,4,15-18,29H2,1-3H3;1H/t19-,20?,24-;/m0./s1. The fraction of sp³-hybridized carbons (Fsp3) is 0.464. The zero-order chi connectivity index (χ0) is 27.0. The van der Waals surface area contributed by atoms with E-state index in [-0.39, 0.29) is 31.4 Å². The van der Waals surface area contributed by atoms with E-state index in [4.69, 9.17) is 19.9 Å². The van der Waals surface area contributed by atoms with Gasteiger partial charge in [-0.1, -0.05) is 80.9 Å². The third kappa shape index (κ3) is 7.46. The Morgan fingerprint density at radius 3 is 1.95 bits per heavy atom. The second-order valence-corrected chi connectivity index (χ2v) is 9.33. The summed E-state index contributed by atoms with van der Waals surface area (Å²) in [5.74, 6) is -1.45. The molecule has 2 aromatic rings. The number of esters is 2. The molecule has 2 aromatic carbocycles. The normalized spacial score (nSPS) is 16.4. The van der Waals surface area contributed by atoms with E-state index in [0.717, 1.165) is 6.42 Å². The lowest BCUT2D eigenvalue weighted by Crippen LogP contribution is -2.46. The first-order valence-electron chi connectivity index (χ1n) is 12.6. The number of hydrogen-bond acceptors (Lipinski definition) is 8. The summed E-state index contributed by atoms with van der Waals surface area (Å²) in [7, 11) is 0. The first-order chi connectivity index (χ1) is 17.7. The van der Waals surface area contributed by atoms with Crippen molar-refractivity contribution < 1.29 is 33.7 Å². The molecule has 1 fully saturated rings. The van der Waals surface area contributed by atoms with E-state index in [1.165, 1.54) is 11.8 Å². The van der Waals surface area contributed by atoms with Crippen LogP contribution in [0, 0.1) is 5.92 Å². The van der Waals surface area contributed by atoms with Crippen LogP contribution in [0.3, 0.4) is 0 Å². The molecule has 208 valence electrons. The van der Waals surface area contributed by atoms with Gasteiger partial charge in [0.1, 0.15) is 12.1 Å². The highest BCUT2D eigenvalue weighted by molar-refractivity contribution is 5.86. The molecule has 1 unspecified atom stereocenters. The van der Waals surface area contributed by atoms with E-state index in [1.54, 1.807) is 60.7 Å². The van der Waals surface area contributed by atoms with Gasteiger partial charge in [-0.15, -0.1) is 12.4 Å². The molecule has 1 saturated heterocycles. The molecule has 3 atom stereocenters. The summed E-state index contributed by atoms with van der Waals surface area (Å²) in [6.07, 6.45) is -0.747. The maximum Gasteiger partial charge on any atom is 0.412 e. The maximum absolute atomic E-state index is 13.3. The molecule has 1 aliphatic heterocycles. The first-order valence-corrected chi connectivity index (χ1v) is 12.6. The quantitative estimate of drug-likeness (QED) is 0.358. The number of likely N-dealkylation sites (tertiary alicyclic amines) is 1. The van der Waals surface area contributed by atoms with Crippen LogP contribution in [0.5, 0.6) is 0 Å². The first kappa shape index (κ1) is 31.1. The Balaban J connectivity index is 0.00000507. The van der Waals surface area contributed by atoms with Gasteiger partial charge in [0.2, 0.25) is 11.9 Å². The maximum atomic E-state index is 13.3. The highest BCUT2D eigenvalue weighted by atomic mass is 35.5. The van der Waals surface area contributed by atoms with Gasteiger partial charge in [-0.3, -0.25) is 4.79 Å². The fourth-order valence-corrected chi connectivity index (χ4v) is 4.12. The lowest BCUT2D eigenvalue weighted by molar-refractivity contribution is -0.170. The molecule has 0 radical (unpaired) electrons. The van der Waals surface area contributed by atoms with Crippen LogP contribution in [0.25, 0.3) is 0 Å². The molecule has 1 aliphatic rings. The molecule has 0 aromatic heterocycles. The number of benzene rings is 2. The molecule has 10 heteroatoms. The molecule has 0 saturated carbocycles. The minimum atomic E-state index is -1.96. The van der Waals surface area contributed by atoms with E-state index in [0.29, 0.717) is 24.0 Å². The molecule has 3 rings (SSSR count). The van der Waals surface area contributed by atoms with Crippen molar-refractivity contribution in [3.63, 3.8) is 0 Å². The monoisotopic (exact) mass is 548 g/mol. The molecule has 38 heavy (non-hydrogen) atoms. The van der Waals surface area contributed by atoms with Gasteiger partial charge in [-0.2, -0.15) is 0 Å². The minimum Gasteiger partial charge on any atom is -0.460 e. The number of ether oxygens (including phenoxy) is 3. The van der Waals surface area contributed by atoms with Crippen LogP contribution in [-0.4, -0.2) is 59.6 Å². The Kier molecular flexibility index (Phi) is 11.6. The SMILES string of the molecule is CC[C@H](C)[C@H](N)C(=O)OC(C)OC(=O)N1CCC(OC(=O)C(O)(c2ccccc2)c2ccccc2)CC1.Cl. The van der Waals surface area contributed by atoms with Crippen molar-refractivity contribution >= 4 is 30.4 Å². The van der Waals surface area contributed by atoms with Crippen LogP contribution in [0.2, 0.25) is 0 Å². The van der Waals surface area contributed by atoms with Gasteiger partial charge in [0.05, 0.1) is 0 Å². The van der Waals surface area contributed by atoms with Crippen molar-refractivity contribution in [2.75, 3.05) is 13.1 Å². The van der Waals surface area contributed by atoms with Crippen molar-refractivity contribution in [3.05, 3.63) is 71.8 Å². The summed E-state index contributed by atoms with van der Waals surface area (Å²) >= 11 is 0. The number of aliphatic hydroxyl groups is 1. The molecular formula is C28H37ClN2O7. The molecular weight excluding hydrogens is 512 g/mol. The molecule has 3 N–H and O–H groups in total.